The highest BCUT2D eigenvalue weighted by molar-refractivity contribution is 7.25. The summed E-state index contributed by atoms with van der Waals surface area (Å²) in [5.74, 6) is 0.674. The summed E-state index contributed by atoms with van der Waals surface area (Å²) in [4.78, 5) is 11.7. The molecule has 0 saturated carbocycles. The second-order valence-corrected chi connectivity index (χ2v) is 12.1. The van der Waals surface area contributed by atoms with Gasteiger partial charge in [0, 0.05) is 42.6 Å². The Morgan fingerprint density at radius 3 is 2.16 bits per heavy atom. The van der Waals surface area contributed by atoms with E-state index in [4.69, 9.17) is 14.4 Å². The molecule has 0 aliphatic carbocycles. The van der Waals surface area contributed by atoms with Crippen molar-refractivity contribution in [2.75, 3.05) is 0 Å². The predicted molar refractivity (Wildman–Crippen MR) is 179 cm³/mol. The molecule has 4 nitrogen and oxygen atoms in total. The van der Waals surface area contributed by atoms with Gasteiger partial charge in [0.1, 0.15) is 16.0 Å². The Morgan fingerprint density at radius 1 is 0.535 bits per heavy atom. The third-order valence-corrected chi connectivity index (χ3v) is 9.68. The zero-order valence-electron chi connectivity index (χ0n) is 22.8. The van der Waals surface area contributed by atoms with Crippen molar-refractivity contribution >= 4 is 86.2 Å². The summed E-state index contributed by atoms with van der Waals surface area (Å²) < 4.78 is 9.60. The molecule has 0 radical (unpaired) electrons. The van der Waals surface area contributed by atoms with E-state index in [9.17, 15) is 0 Å². The lowest BCUT2D eigenvalue weighted by atomic mass is 10.0. The maximum atomic E-state index is 6.17. The van der Waals surface area contributed by atoms with Crippen molar-refractivity contribution in [1.29, 1.82) is 0 Å². The summed E-state index contributed by atoms with van der Waals surface area (Å²) in [6.07, 6.45) is 0. The van der Waals surface area contributed by atoms with Gasteiger partial charge < -0.3 is 4.42 Å². The van der Waals surface area contributed by atoms with Crippen LogP contribution in [0.2, 0.25) is 0 Å². The second kappa shape index (κ2) is 8.51. The van der Waals surface area contributed by atoms with Gasteiger partial charge in [-0.05, 0) is 59.3 Å². The highest BCUT2D eigenvalue weighted by Gasteiger charge is 2.21. The third-order valence-electron chi connectivity index (χ3n) is 8.62. The first-order chi connectivity index (χ1) is 21.3. The van der Waals surface area contributed by atoms with Crippen LogP contribution in [0.15, 0.2) is 132 Å². The fourth-order valence-corrected chi connectivity index (χ4v) is 7.74. The Hall–Kier alpha value is -5.52. The van der Waals surface area contributed by atoms with Crippen molar-refractivity contribution in [2.45, 2.75) is 0 Å². The summed E-state index contributed by atoms with van der Waals surface area (Å²) in [5, 5.41) is 9.26. The van der Waals surface area contributed by atoms with Crippen molar-refractivity contribution in [3.8, 4) is 17.2 Å². The van der Waals surface area contributed by atoms with Crippen LogP contribution in [0.3, 0.4) is 0 Å². The SMILES string of the molecule is c1ccc2cc3c(cc2c1)c1ccccc1n3-c1nc(-c2ccc3oc4ccccc4c3c2)c2c(n1)sc1ccccc12. The van der Waals surface area contributed by atoms with Gasteiger partial charge in [-0.15, -0.1) is 11.3 Å². The van der Waals surface area contributed by atoms with Gasteiger partial charge >= 0.3 is 0 Å². The average molecular weight is 568 g/mol. The number of hydrogen-bond donors (Lipinski definition) is 0. The summed E-state index contributed by atoms with van der Waals surface area (Å²) in [7, 11) is 0. The summed E-state index contributed by atoms with van der Waals surface area (Å²) >= 11 is 1.72. The fourth-order valence-electron chi connectivity index (χ4n) is 6.66. The number of hydrogen-bond acceptors (Lipinski definition) is 4. The van der Waals surface area contributed by atoms with Crippen LogP contribution >= 0.6 is 11.3 Å². The molecule has 0 fully saturated rings. The van der Waals surface area contributed by atoms with Crippen molar-refractivity contribution < 1.29 is 4.42 Å². The van der Waals surface area contributed by atoms with E-state index >= 15 is 0 Å². The monoisotopic (exact) mass is 567 g/mol. The van der Waals surface area contributed by atoms with Gasteiger partial charge in [0.25, 0.3) is 0 Å². The fraction of sp³-hybridized carbons (Fsp3) is 0. The molecule has 0 N–H and O–H groups in total. The standard InChI is InChI=1S/C38H21N3OS/c1-2-10-23-21-31-28(19-22(23)9-1)25-11-3-6-14-30(25)41(31)38-39-36(35-27-13-5-8-16-34(27)43-37(35)40-38)24-17-18-33-29(20-24)26-12-4-7-15-32(26)42-33/h1-21H. The van der Waals surface area contributed by atoms with Gasteiger partial charge in [0.2, 0.25) is 5.95 Å². The van der Waals surface area contributed by atoms with E-state index in [0.717, 1.165) is 54.4 Å². The summed E-state index contributed by atoms with van der Waals surface area (Å²) in [5.41, 5.74) is 5.93. The van der Waals surface area contributed by atoms with E-state index < -0.39 is 0 Å². The Kier molecular flexibility index (Phi) is 4.57. The van der Waals surface area contributed by atoms with E-state index in [1.54, 1.807) is 11.3 Å². The van der Waals surface area contributed by atoms with Crippen molar-refractivity contribution in [3.05, 3.63) is 127 Å². The van der Waals surface area contributed by atoms with Crippen molar-refractivity contribution in [1.82, 2.24) is 14.5 Å². The van der Waals surface area contributed by atoms with Crippen LogP contribution in [0.25, 0.3) is 92.0 Å². The van der Waals surface area contributed by atoms with E-state index in [1.807, 2.05) is 12.1 Å². The van der Waals surface area contributed by atoms with E-state index in [0.29, 0.717) is 5.95 Å². The molecule has 200 valence electrons. The van der Waals surface area contributed by atoms with Gasteiger partial charge in [-0.3, -0.25) is 4.57 Å². The number of fused-ring (bicyclic) bond motifs is 10. The Labute approximate surface area is 249 Å². The van der Waals surface area contributed by atoms with Gasteiger partial charge in [0.05, 0.1) is 16.7 Å². The van der Waals surface area contributed by atoms with Gasteiger partial charge in [-0.2, -0.15) is 0 Å². The number of para-hydroxylation sites is 2. The average Bonchev–Trinajstić information content (AvgIpc) is 3.72. The van der Waals surface area contributed by atoms with E-state index in [1.165, 1.54) is 31.6 Å². The van der Waals surface area contributed by atoms with Crippen LogP contribution in [0.1, 0.15) is 0 Å². The quantitative estimate of drug-likeness (QED) is 0.209. The highest BCUT2D eigenvalue weighted by atomic mass is 32.1. The molecule has 10 aromatic rings. The Morgan fingerprint density at radius 2 is 1.26 bits per heavy atom. The molecule has 4 heterocycles. The number of rotatable bonds is 2. The predicted octanol–water partition coefficient (Wildman–Crippen LogP) is 10.7. The zero-order valence-corrected chi connectivity index (χ0v) is 23.6. The minimum atomic E-state index is 0.674. The summed E-state index contributed by atoms with van der Waals surface area (Å²) in [6, 6.07) is 44.8. The van der Waals surface area contributed by atoms with Crippen LogP contribution in [0.5, 0.6) is 0 Å². The Bertz CT molecular complexity index is 2750. The maximum Gasteiger partial charge on any atom is 0.236 e. The van der Waals surface area contributed by atoms with Crippen LogP contribution in [0, 0.1) is 0 Å². The second-order valence-electron chi connectivity index (χ2n) is 11.0. The first-order valence-corrected chi connectivity index (χ1v) is 15.2. The molecule has 0 unspecified atom stereocenters. The summed E-state index contributed by atoms with van der Waals surface area (Å²) in [6.45, 7) is 0. The topological polar surface area (TPSA) is 43.9 Å². The van der Waals surface area contributed by atoms with Gasteiger partial charge in [-0.25, -0.2) is 9.97 Å². The van der Waals surface area contributed by atoms with Crippen LogP contribution < -0.4 is 0 Å². The molecule has 0 saturated heterocycles. The van der Waals surface area contributed by atoms with E-state index in [2.05, 4.69) is 120 Å². The lowest BCUT2D eigenvalue weighted by Gasteiger charge is -2.11. The zero-order chi connectivity index (χ0) is 28.1. The third kappa shape index (κ3) is 3.25. The first kappa shape index (κ1) is 23.1. The molecule has 0 spiro atoms. The van der Waals surface area contributed by atoms with Gasteiger partial charge in [0.15, 0.2) is 0 Å². The smallest absolute Gasteiger partial charge is 0.236 e. The molecule has 5 heteroatoms. The van der Waals surface area contributed by atoms with E-state index in [-0.39, 0.29) is 0 Å². The van der Waals surface area contributed by atoms with Crippen LogP contribution in [0.4, 0.5) is 0 Å². The minimum absolute atomic E-state index is 0.674. The van der Waals surface area contributed by atoms with Crippen LogP contribution in [-0.4, -0.2) is 14.5 Å². The van der Waals surface area contributed by atoms with Gasteiger partial charge in [-0.1, -0.05) is 78.9 Å². The largest absolute Gasteiger partial charge is 0.456 e. The maximum absolute atomic E-state index is 6.17. The molecular weight excluding hydrogens is 547 g/mol. The molecule has 6 aromatic carbocycles. The molecule has 43 heavy (non-hydrogen) atoms. The first-order valence-electron chi connectivity index (χ1n) is 14.3. The number of aromatic nitrogens is 3. The number of nitrogens with zero attached hydrogens (tertiary/aromatic N) is 3. The highest BCUT2D eigenvalue weighted by Crippen LogP contribution is 2.41. The lowest BCUT2D eigenvalue weighted by molar-refractivity contribution is 0.669. The van der Waals surface area contributed by atoms with Crippen molar-refractivity contribution in [3.63, 3.8) is 0 Å². The molecule has 0 aliphatic heterocycles. The molecule has 0 amide bonds. The lowest BCUT2D eigenvalue weighted by Crippen LogP contribution is -2.02. The minimum Gasteiger partial charge on any atom is -0.456 e. The molecule has 4 aromatic heterocycles. The van der Waals surface area contributed by atoms with Crippen molar-refractivity contribution in [2.24, 2.45) is 0 Å². The molecule has 0 aliphatic rings. The molecule has 0 atom stereocenters. The number of thiophene rings is 1. The van der Waals surface area contributed by atoms with Crippen LogP contribution in [-0.2, 0) is 0 Å². The molecular formula is C38H21N3OS. The number of benzene rings is 6. The normalized spacial score (nSPS) is 12.2. The molecule has 10 rings (SSSR count). The Balaban J connectivity index is 1.34. The number of furan rings is 1. The molecule has 0 bridgehead atoms.